The van der Waals surface area contributed by atoms with Crippen LogP contribution in [0, 0.1) is 6.92 Å². The quantitative estimate of drug-likeness (QED) is 0.0980. The van der Waals surface area contributed by atoms with Crippen LogP contribution in [0.25, 0.3) is 0 Å². The molecule has 7 aromatic carbocycles. The number of sulfone groups is 3. The zero-order chi connectivity index (χ0) is 41.6. The Kier molecular flexibility index (Phi) is 11.9. The molecule has 0 spiro atoms. The van der Waals surface area contributed by atoms with E-state index in [9.17, 15) is 25.3 Å². The van der Waals surface area contributed by atoms with Crippen molar-refractivity contribution >= 4 is 29.5 Å². The third-order valence-corrected chi connectivity index (χ3v) is 14.6. The van der Waals surface area contributed by atoms with Crippen LogP contribution >= 0.6 is 0 Å². The summed E-state index contributed by atoms with van der Waals surface area (Å²) in [5.74, 6) is 3.03. The van der Waals surface area contributed by atoms with Gasteiger partial charge in [0.25, 0.3) is 0 Å². The molecule has 0 aliphatic heterocycles. The standard InChI is InChI=1S/C46H38O10S3/c1-33-3-19-41(20-4-33)57(47,48)44-25-15-39(16-26-44)56-40-17-29-46(30-18-40)59(51,52)43-23-11-36(12-24-43)54-32-31-34-5-21-42(22-6-34)58(49,50)45-27-13-38(14-28-45)55-37-9-7-35(53-2)8-10-37/h3-30H,31-32H2,1-2H3. The molecule has 10 nitrogen and oxygen atoms in total. The van der Waals surface area contributed by atoms with Gasteiger partial charge >= 0.3 is 0 Å². The third kappa shape index (κ3) is 9.50. The van der Waals surface area contributed by atoms with Crippen LogP contribution in [0.15, 0.2) is 199 Å². The van der Waals surface area contributed by atoms with Crippen molar-refractivity contribution in [3.8, 4) is 34.5 Å². The second-order valence-electron chi connectivity index (χ2n) is 13.3. The Labute approximate surface area is 344 Å². The molecule has 0 aromatic heterocycles. The highest BCUT2D eigenvalue weighted by molar-refractivity contribution is 7.92. The van der Waals surface area contributed by atoms with E-state index in [0.717, 1.165) is 11.1 Å². The fourth-order valence-electron chi connectivity index (χ4n) is 5.94. The summed E-state index contributed by atoms with van der Waals surface area (Å²) in [5.41, 5.74) is 1.82. The first-order valence-corrected chi connectivity index (χ1v) is 22.7. The van der Waals surface area contributed by atoms with Crippen molar-refractivity contribution < 1.29 is 44.2 Å². The maximum absolute atomic E-state index is 13.4. The summed E-state index contributed by atoms with van der Waals surface area (Å²) in [6.07, 6.45) is 0.489. The van der Waals surface area contributed by atoms with Gasteiger partial charge in [-0.1, -0.05) is 29.8 Å². The summed E-state index contributed by atoms with van der Waals surface area (Å²) in [5, 5.41) is 0. The number of aryl methyl sites for hydroxylation is 1. The van der Waals surface area contributed by atoms with E-state index in [1.54, 1.807) is 116 Å². The average molecular weight is 847 g/mol. The third-order valence-electron chi connectivity index (χ3n) is 9.29. The molecule has 13 heteroatoms. The van der Waals surface area contributed by atoms with Crippen LogP contribution in [0.2, 0.25) is 0 Å². The monoisotopic (exact) mass is 846 g/mol. The van der Waals surface area contributed by atoms with E-state index < -0.39 is 29.5 Å². The molecule has 59 heavy (non-hydrogen) atoms. The van der Waals surface area contributed by atoms with Gasteiger partial charge in [0.1, 0.15) is 34.5 Å². The number of rotatable bonds is 15. The summed E-state index contributed by atoms with van der Waals surface area (Å²) in [4.78, 5) is 0.777. The second kappa shape index (κ2) is 17.2. The predicted octanol–water partition coefficient (Wildman–Crippen LogP) is 9.71. The lowest BCUT2D eigenvalue weighted by molar-refractivity contribution is 0.321. The largest absolute Gasteiger partial charge is 0.497 e. The molecule has 0 saturated carbocycles. The Balaban J connectivity index is 0.899. The number of hydrogen-bond donors (Lipinski definition) is 0. The van der Waals surface area contributed by atoms with Crippen LogP contribution in [0.5, 0.6) is 34.5 Å². The zero-order valence-electron chi connectivity index (χ0n) is 31.9. The van der Waals surface area contributed by atoms with Crippen molar-refractivity contribution in [3.05, 3.63) is 181 Å². The predicted molar refractivity (Wildman–Crippen MR) is 222 cm³/mol. The molecule has 0 heterocycles. The molecule has 0 saturated heterocycles. The van der Waals surface area contributed by atoms with Gasteiger partial charge in [-0.05, 0) is 158 Å². The van der Waals surface area contributed by atoms with Crippen molar-refractivity contribution in [2.24, 2.45) is 0 Å². The Hall–Kier alpha value is -6.41. The highest BCUT2D eigenvalue weighted by Crippen LogP contribution is 2.30. The molecule has 0 aliphatic rings. The molecule has 300 valence electrons. The molecular formula is C46H38O10S3. The maximum atomic E-state index is 13.4. The van der Waals surface area contributed by atoms with Crippen LogP contribution in [0.1, 0.15) is 11.1 Å². The lowest BCUT2D eigenvalue weighted by Crippen LogP contribution is -2.05. The summed E-state index contributed by atoms with van der Waals surface area (Å²) < 4.78 is 102. The van der Waals surface area contributed by atoms with Gasteiger partial charge in [-0.25, -0.2) is 25.3 Å². The summed E-state index contributed by atoms with van der Waals surface area (Å²) in [6, 6.07) is 44.6. The molecule has 0 N–H and O–H groups in total. The fraction of sp³-hybridized carbons (Fsp3) is 0.0870. The molecular weight excluding hydrogens is 809 g/mol. The lowest BCUT2D eigenvalue weighted by Gasteiger charge is -2.10. The van der Waals surface area contributed by atoms with Crippen molar-refractivity contribution in [3.63, 3.8) is 0 Å². The fourth-order valence-corrected chi connectivity index (χ4v) is 9.72. The molecule has 0 radical (unpaired) electrons. The molecule has 0 aliphatic carbocycles. The summed E-state index contributed by atoms with van der Waals surface area (Å²) >= 11 is 0. The van der Waals surface area contributed by atoms with Gasteiger partial charge in [0.05, 0.1) is 43.1 Å². The summed E-state index contributed by atoms with van der Waals surface area (Å²) in [7, 11) is -9.72. The van der Waals surface area contributed by atoms with Gasteiger partial charge in [0.15, 0.2) is 0 Å². The highest BCUT2D eigenvalue weighted by atomic mass is 32.2. The smallest absolute Gasteiger partial charge is 0.206 e. The minimum atomic E-state index is -3.85. The maximum Gasteiger partial charge on any atom is 0.206 e. The lowest BCUT2D eigenvalue weighted by atomic mass is 10.2. The molecule has 0 atom stereocenters. The van der Waals surface area contributed by atoms with Crippen LogP contribution in [0.4, 0.5) is 0 Å². The first-order valence-electron chi connectivity index (χ1n) is 18.2. The Morgan fingerprint density at radius 2 is 0.627 bits per heavy atom. The number of methoxy groups -OCH3 is 1. The Morgan fingerprint density at radius 3 is 0.966 bits per heavy atom. The number of benzene rings is 7. The molecule has 7 rings (SSSR count). The van der Waals surface area contributed by atoms with Gasteiger partial charge in [0.2, 0.25) is 29.5 Å². The topological polar surface area (TPSA) is 139 Å². The first kappa shape index (κ1) is 40.8. The van der Waals surface area contributed by atoms with E-state index in [4.69, 9.17) is 18.9 Å². The van der Waals surface area contributed by atoms with Gasteiger partial charge in [-0.3, -0.25) is 0 Å². The van der Waals surface area contributed by atoms with Crippen molar-refractivity contribution in [2.45, 2.75) is 42.7 Å². The Morgan fingerprint density at radius 1 is 0.356 bits per heavy atom. The van der Waals surface area contributed by atoms with E-state index in [1.807, 2.05) is 6.92 Å². The second-order valence-corrected chi connectivity index (χ2v) is 19.2. The van der Waals surface area contributed by atoms with Crippen LogP contribution in [0.3, 0.4) is 0 Å². The Bertz CT molecular complexity index is 2860. The minimum absolute atomic E-state index is 0.0688. The SMILES string of the molecule is COc1ccc(Oc2ccc(S(=O)(=O)c3ccc(CCOc4ccc(S(=O)(=O)c5ccc(Oc6ccc(S(=O)(=O)c7ccc(C)cc7)cc6)cc5)cc4)cc3)cc2)cc1. The van der Waals surface area contributed by atoms with Gasteiger partial charge in [-0.2, -0.15) is 0 Å². The van der Waals surface area contributed by atoms with Crippen LogP contribution in [-0.2, 0) is 35.9 Å². The van der Waals surface area contributed by atoms with E-state index >= 15 is 0 Å². The van der Waals surface area contributed by atoms with Crippen molar-refractivity contribution in [1.82, 2.24) is 0 Å². The normalized spacial score (nSPS) is 11.8. The molecule has 0 amide bonds. The molecule has 7 aromatic rings. The average Bonchev–Trinajstić information content (AvgIpc) is 3.25. The minimum Gasteiger partial charge on any atom is -0.497 e. The molecule has 0 unspecified atom stereocenters. The van der Waals surface area contributed by atoms with Gasteiger partial charge < -0.3 is 18.9 Å². The van der Waals surface area contributed by atoms with E-state index in [-0.39, 0.29) is 36.0 Å². The van der Waals surface area contributed by atoms with Crippen LogP contribution in [-0.4, -0.2) is 39.0 Å². The van der Waals surface area contributed by atoms with Gasteiger partial charge in [-0.15, -0.1) is 0 Å². The van der Waals surface area contributed by atoms with Crippen molar-refractivity contribution in [1.29, 1.82) is 0 Å². The molecule has 0 fully saturated rings. The summed E-state index contributed by atoms with van der Waals surface area (Å²) in [6.45, 7) is 2.16. The van der Waals surface area contributed by atoms with E-state index in [0.29, 0.717) is 40.9 Å². The van der Waals surface area contributed by atoms with E-state index in [2.05, 4.69) is 0 Å². The zero-order valence-corrected chi connectivity index (χ0v) is 34.3. The highest BCUT2D eigenvalue weighted by Gasteiger charge is 2.20. The van der Waals surface area contributed by atoms with Crippen LogP contribution < -0.4 is 18.9 Å². The first-order chi connectivity index (χ1) is 28.3. The van der Waals surface area contributed by atoms with Gasteiger partial charge in [0, 0.05) is 6.42 Å². The number of ether oxygens (including phenoxy) is 4. The van der Waals surface area contributed by atoms with E-state index in [1.165, 1.54) is 60.7 Å². The van der Waals surface area contributed by atoms with Crippen molar-refractivity contribution in [2.75, 3.05) is 13.7 Å². The number of hydrogen-bond acceptors (Lipinski definition) is 10. The molecule has 0 bridgehead atoms.